The number of rotatable bonds is 4. The van der Waals surface area contributed by atoms with Gasteiger partial charge in [-0.3, -0.25) is 0 Å². The molecule has 0 amide bonds. The lowest BCUT2D eigenvalue weighted by molar-refractivity contribution is 0.181. The molecular weight excluding hydrogens is 340 g/mol. The zero-order chi connectivity index (χ0) is 14.1. The Morgan fingerprint density at radius 2 is 2.05 bits per heavy atom. The van der Waals surface area contributed by atoms with Crippen LogP contribution in [-0.2, 0) is 11.3 Å². The molecule has 1 fully saturated rings. The number of halogens is 2. The maximum absolute atomic E-state index is 6.20. The van der Waals surface area contributed by atoms with Gasteiger partial charge in [-0.15, -0.1) is 0 Å². The molecule has 1 aromatic carbocycles. The molecule has 0 bridgehead atoms. The molecular formula is C15H14BrClN2O. The molecule has 0 saturated heterocycles. The number of nitrogens with zero attached hydrogens (tertiary/aromatic N) is 2. The molecule has 2 aromatic rings. The van der Waals surface area contributed by atoms with Gasteiger partial charge in [-0.25, -0.2) is 9.97 Å². The lowest BCUT2D eigenvalue weighted by Gasteiger charge is -2.11. The van der Waals surface area contributed by atoms with Crippen molar-refractivity contribution in [1.29, 1.82) is 0 Å². The van der Waals surface area contributed by atoms with Crippen LogP contribution in [-0.4, -0.2) is 17.1 Å². The molecule has 3 nitrogen and oxygen atoms in total. The van der Waals surface area contributed by atoms with Gasteiger partial charge in [0.1, 0.15) is 5.15 Å². The summed E-state index contributed by atoms with van der Waals surface area (Å²) in [6, 6.07) is 8.29. The third kappa shape index (κ3) is 2.73. The predicted octanol–water partition coefficient (Wildman–Crippen LogP) is 4.58. The number of hydrogen-bond acceptors (Lipinski definition) is 3. The van der Waals surface area contributed by atoms with Crippen LogP contribution in [0.3, 0.4) is 0 Å². The van der Waals surface area contributed by atoms with Gasteiger partial charge in [0.2, 0.25) is 0 Å². The van der Waals surface area contributed by atoms with Gasteiger partial charge in [-0.2, -0.15) is 0 Å². The van der Waals surface area contributed by atoms with Crippen LogP contribution in [0.2, 0.25) is 5.15 Å². The summed E-state index contributed by atoms with van der Waals surface area (Å²) in [6.07, 6.45) is 2.48. The van der Waals surface area contributed by atoms with Gasteiger partial charge in [0.15, 0.2) is 5.82 Å². The third-order valence-corrected chi connectivity index (χ3v) is 4.71. The monoisotopic (exact) mass is 352 g/mol. The van der Waals surface area contributed by atoms with Crippen molar-refractivity contribution >= 4 is 27.5 Å². The Balaban J connectivity index is 2.10. The SMILES string of the molecule is COCc1nc(-c2ccccc2C2CC2)nc(Cl)c1Br. The second-order valence-corrected chi connectivity index (χ2v) is 6.04. The van der Waals surface area contributed by atoms with Crippen LogP contribution in [0.1, 0.15) is 30.0 Å². The Hall–Kier alpha value is -0.970. The fourth-order valence-electron chi connectivity index (χ4n) is 2.27. The van der Waals surface area contributed by atoms with Crippen molar-refractivity contribution < 1.29 is 4.74 Å². The van der Waals surface area contributed by atoms with Crippen LogP contribution in [0.25, 0.3) is 11.4 Å². The van der Waals surface area contributed by atoms with Crippen LogP contribution < -0.4 is 0 Å². The first-order valence-electron chi connectivity index (χ1n) is 6.51. The van der Waals surface area contributed by atoms with E-state index in [-0.39, 0.29) is 0 Å². The Labute approximate surface area is 131 Å². The Kier molecular flexibility index (Phi) is 4.06. The Morgan fingerprint density at radius 1 is 1.30 bits per heavy atom. The van der Waals surface area contributed by atoms with Crippen LogP contribution >= 0.6 is 27.5 Å². The van der Waals surface area contributed by atoms with Crippen LogP contribution in [0, 0.1) is 0 Å². The van der Waals surface area contributed by atoms with Gasteiger partial charge in [-0.1, -0.05) is 35.9 Å². The molecule has 0 unspecified atom stereocenters. The molecule has 1 aliphatic carbocycles. The molecule has 1 heterocycles. The van der Waals surface area contributed by atoms with Gasteiger partial charge in [-0.05, 0) is 40.3 Å². The minimum atomic E-state index is 0.404. The lowest BCUT2D eigenvalue weighted by atomic mass is 10.0. The maximum Gasteiger partial charge on any atom is 0.161 e. The maximum atomic E-state index is 6.20. The first kappa shape index (κ1) is 14.0. The first-order chi connectivity index (χ1) is 9.70. The van der Waals surface area contributed by atoms with E-state index < -0.39 is 0 Å². The highest BCUT2D eigenvalue weighted by atomic mass is 79.9. The predicted molar refractivity (Wildman–Crippen MR) is 82.9 cm³/mol. The van der Waals surface area contributed by atoms with Crippen LogP contribution in [0.4, 0.5) is 0 Å². The molecule has 0 radical (unpaired) electrons. The lowest BCUT2D eigenvalue weighted by Crippen LogP contribution is -2.01. The summed E-state index contributed by atoms with van der Waals surface area (Å²) in [5.41, 5.74) is 3.16. The van der Waals surface area contributed by atoms with E-state index in [2.05, 4.69) is 44.1 Å². The summed E-state index contributed by atoms with van der Waals surface area (Å²) < 4.78 is 5.87. The fraction of sp³-hybridized carbons (Fsp3) is 0.333. The molecule has 0 aliphatic heterocycles. The summed E-state index contributed by atoms with van der Waals surface area (Å²) in [5, 5.41) is 0.424. The highest BCUT2D eigenvalue weighted by Gasteiger charge is 2.27. The quantitative estimate of drug-likeness (QED) is 0.754. The van der Waals surface area contributed by atoms with E-state index in [0.717, 1.165) is 11.3 Å². The minimum absolute atomic E-state index is 0.404. The molecule has 3 rings (SSSR count). The van der Waals surface area contributed by atoms with Gasteiger partial charge < -0.3 is 4.74 Å². The molecule has 5 heteroatoms. The standard InChI is InChI=1S/C15H14BrClN2O/c1-20-8-12-13(16)14(17)19-15(18-12)11-5-3-2-4-10(11)9-6-7-9/h2-5,9H,6-8H2,1H3. The number of ether oxygens (including phenoxy) is 1. The van der Waals surface area contributed by atoms with E-state index in [1.165, 1.54) is 18.4 Å². The van der Waals surface area contributed by atoms with E-state index in [9.17, 15) is 0 Å². The number of benzene rings is 1. The molecule has 0 atom stereocenters. The van der Waals surface area contributed by atoms with E-state index in [0.29, 0.717) is 28.0 Å². The number of methoxy groups -OCH3 is 1. The number of hydrogen-bond donors (Lipinski definition) is 0. The molecule has 0 spiro atoms. The second kappa shape index (κ2) is 5.80. The van der Waals surface area contributed by atoms with Crippen molar-refractivity contribution in [2.24, 2.45) is 0 Å². The smallest absolute Gasteiger partial charge is 0.161 e. The Bertz CT molecular complexity index is 644. The second-order valence-electron chi connectivity index (χ2n) is 4.89. The van der Waals surface area contributed by atoms with E-state index >= 15 is 0 Å². The van der Waals surface area contributed by atoms with Crippen molar-refractivity contribution in [2.75, 3.05) is 7.11 Å². The van der Waals surface area contributed by atoms with Crippen molar-refractivity contribution in [3.05, 3.63) is 45.1 Å². The normalized spacial score (nSPS) is 14.6. The van der Waals surface area contributed by atoms with E-state index in [1.807, 2.05) is 6.07 Å². The molecule has 0 N–H and O–H groups in total. The summed E-state index contributed by atoms with van der Waals surface area (Å²) in [6.45, 7) is 0.404. The first-order valence-corrected chi connectivity index (χ1v) is 7.68. The fourth-order valence-corrected chi connectivity index (χ4v) is 2.75. The van der Waals surface area contributed by atoms with E-state index in [1.54, 1.807) is 7.11 Å². The van der Waals surface area contributed by atoms with Crippen molar-refractivity contribution in [1.82, 2.24) is 9.97 Å². The molecule has 1 aromatic heterocycles. The van der Waals surface area contributed by atoms with E-state index in [4.69, 9.17) is 16.3 Å². The van der Waals surface area contributed by atoms with Crippen molar-refractivity contribution in [3.63, 3.8) is 0 Å². The molecule has 104 valence electrons. The highest BCUT2D eigenvalue weighted by molar-refractivity contribution is 9.10. The summed E-state index contributed by atoms with van der Waals surface area (Å²) in [4.78, 5) is 9.01. The van der Waals surface area contributed by atoms with Crippen LogP contribution in [0.15, 0.2) is 28.7 Å². The van der Waals surface area contributed by atoms with Crippen LogP contribution in [0.5, 0.6) is 0 Å². The zero-order valence-corrected chi connectivity index (χ0v) is 13.4. The van der Waals surface area contributed by atoms with Gasteiger partial charge in [0, 0.05) is 12.7 Å². The Morgan fingerprint density at radius 3 is 2.75 bits per heavy atom. The average molecular weight is 354 g/mol. The molecule has 20 heavy (non-hydrogen) atoms. The van der Waals surface area contributed by atoms with Gasteiger partial charge in [0.25, 0.3) is 0 Å². The third-order valence-electron chi connectivity index (χ3n) is 3.38. The van der Waals surface area contributed by atoms with Gasteiger partial charge in [0.05, 0.1) is 16.8 Å². The summed E-state index contributed by atoms with van der Waals surface area (Å²) in [5.74, 6) is 1.32. The van der Waals surface area contributed by atoms with Crippen molar-refractivity contribution in [2.45, 2.75) is 25.4 Å². The molecule has 1 aliphatic rings. The number of aromatic nitrogens is 2. The topological polar surface area (TPSA) is 35.0 Å². The van der Waals surface area contributed by atoms with Crippen molar-refractivity contribution in [3.8, 4) is 11.4 Å². The minimum Gasteiger partial charge on any atom is -0.378 e. The summed E-state index contributed by atoms with van der Waals surface area (Å²) in [7, 11) is 1.64. The largest absolute Gasteiger partial charge is 0.378 e. The highest BCUT2D eigenvalue weighted by Crippen LogP contribution is 2.44. The zero-order valence-electron chi connectivity index (χ0n) is 11.1. The molecule has 1 saturated carbocycles. The summed E-state index contributed by atoms with van der Waals surface area (Å²) >= 11 is 9.61. The average Bonchev–Trinajstić information content (AvgIpc) is 3.28. The van der Waals surface area contributed by atoms with Gasteiger partial charge >= 0.3 is 0 Å².